The molecule has 2 nitrogen and oxygen atoms in total. The van der Waals surface area contributed by atoms with Crippen LogP contribution in [0.5, 0.6) is 0 Å². The summed E-state index contributed by atoms with van der Waals surface area (Å²) in [6.07, 6.45) is 6.27. The summed E-state index contributed by atoms with van der Waals surface area (Å²) in [5.74, 6) is -0.0619. The zero-order chi connectivity index (χ0) is 8.27. The molecular formula is C8H6BrNO. The third-order valence-corrected chi connectivity index (χ3v) is 1.81. The second-order valence-corrected chi connectivity index (χ2v) is 2.78. The van der Waals surface area contributed by atoms with Crippen molar-refractivity contribution in [2.45, 2.75) is 0 Å². The smallest absolute Gasteiger partial charge is 0.298 e. The monoisotopic (exact) mass is 211 g/mol. The van der Waals surface area contributed by atoms with Gasteiger partial charge in [-0.25, -0.2) is 0 Å². The summed E-state index contributed by atoms with van der Waals surface area (Å²) in [6, 6.07) is 0. The van der Waals surface area contributed by atoms with Gasteiger partial charge in [-0.2, -0.15) is 6.20 Å². The summed E-state index contributed by atoms with van der Waals surface area (Å²) >= 11 is 3.10. The predicted molar refractivity (Wildman–Crippen MR) is 48.0 cm³/mol. The number of nitrogens with zero attached hydrogens (tertiary/aromatic N) is 1. The summed E-state index contributed by atoms with van der Waals surface area (Å²) in [6.45, 7) is 3.43. The molecule has 1 rings (SSSR count). The summed E-state index contributed by atoms with van der Waals surface area (Å²) in [5.41, 5.74) is 0.633. The van der Waals surface area contributed by atoms with Crippen molar-refractivity contribution >= 4 is 21.7 Å². The molecule has 3 heteroatoms. The number of rotatable bonds is 2. The molecule has 0 fully saturated rings. The fourth-order valence-electron chi connectivity index (χ4n) is 0.678. The molecule has 0 saturated heterocycles. The van der Waals surface area contributed by atoms with Crippen LogP contribution >= 0.6 is 15.9 Å². The SMILES string of the molecule is C=C[N-]C1=CC(=O)[C+](Br)C=C1. The summed E-state index contributed by atoms with van der Waals surface area (Å²) < 4.78 is 0. The Morgan fingerprint density at radius 2 is 2.45 bits per heavy atom. The van der Waals surface area contributed by atoms with Gasteiger partial charge >= 0.3 is 0 Å². The lowest BCUT2D eigenvalue weighted by Crippen LogP contribution is -2.03. The lowest BCUT2D eigenvalue weighted by Gasteiger charge is -2.12. The van der Waals surface area contributed by atoms with Crippen LogP contribution in [0.3, 0.4) is 0 Å². The highest BCUT2D eigenvalue weighted by molar-refractivity contribution is 9.11. The van der Waals surface area contributed by atoms with Gasteiger partial charge < -0.3 is 5.32 Å². The number of ketones is 1. The van der Waals surface area contributed by atoms with E-state index in [4.69, 9.17) is 0 Å². The van der Waals surface area contributed by atoms with Gasteiger partial charge in [0.15, 0.2) is 4.83 Å². The maximum absolute atomic E-state index is 11.0. The second-order valence-electron chi connectivity index (χ2n) is 1.93. The maximum Gasteiger partial charge on any atom is 0.298 e. The highest BCUT2D eigenvalue weighted by Crippen LogP contribution is 2.22. The molecule has 0 bridgehead atoms. The van der Waals surface area contributed by atoms with E-state index in [9.17, 15) is 4.79 Å². The van der Waals surface area contributed by atoms with Crippen LogP contribution in [0.4, 0.5) is 0 Å². The molecule has 0 radical (unpaired) electrons. The van der Waals surface area contributed by atoms with Gasteiger partial charge in [-0.05, 0) is 5.70 Å². The van der Waals surface area contributed by atoms with Gasteiger partial charge in [-0.15, -0.1) is 6.58 Å². The van der Waals surface area contributed by atoms with Gasteiger partial charge in [-0.3, -0.25) is 4.79 Å². The second kappa shape index (κ2) is 3.44. The largest absolute Gasteiger partial charge is 0.641 e. The molecule has 0 spiro atoms. The van der Waals surface area contributed by atoms with Crippen molar-refractivity contribution in [3.05, 3.63) is 46.8 Å². The molecular weight excluding hydrogens is 206 g/mol. The Kier molecular flexibility index (Phi) is 2.54. The first-order valence-corrected chi connectivity index (χ1v) is 3.81. The Hall–Kier alpha value is -0.960. The van der Waals surface area contributed by atoms with Crippen molar-refractivity contribution in [1.82, 2.24) is 0 Å². The molecule has 56 valence electrons. The molecule has 0 N–H and O–H groups in total. The summed E-state index contributed by atoms with van der Waals surface area (Å²) in [7, 11) is 0. The first kappa shape index (κ1) is 8.14. The summed E-state index contributed by atoms with van der Waals surface area (Å²) in [5, 5.41) is 3.85. The van der Waals surface area contributed by atoms with E-state index in [1.807, 2.05) is 0 Å². The van der Waals surface area contributed by atoms with Crippen molar-refractivity contribution < 1.29 is 4.79 Å². The van der Waals surface area contributed by atoms with E-state index in [1.54, 1.807) is 12.2 Å². The van der Waals surface area contributed by atoms with Crippen LogP contribution in [0.25, 0.3) is 5.32 Å². The van der Waals surface area contributed by atoms with Crippen molar-refractivity contribution in [1.29, 1.82) is 0 Å². The van der Waals surface area contributed by atoms with E-state index in [-0.39, 0.29) is 5.78 Å². The highest BCUT2D eigenvalue weighted by Gasteiger charge is 2.20. The van der Waals surface area contributed by atoms with Gasteiger partial charge in [-0.1, -0.05) is 0 Å². The Balaban J connectivity index is 2.71. The van der Waals surface area contributed by atoms with Gasteiger partial charge in [0.1, 0.15) is 0 Å². The topological polar surface area (TPSA) is 31.2 Å². The third kappa shape index (κ3) is 1.98. The lowest BCUT2D eigenvalue weighted by atomic mass is 10.1. The van der Waals surface area contributed by atoms with E-state index in [0.717, 1.165) is 0 Å². The van der Waals surface area contributed by atoms with Crippen LogP contribution in [0, 0.1) is 4.83 Å². The summed E-state index contributed by atoms with van der Waals surface area (Å²) in [4.78, 5) is 11.5. The van der Waals surface area contributed by atoms with Crippen LogP contribution in [0.1, 0.15) is 0 Å². The minimum Gasteiger partial charge on any atom is -0.641 e. The van der Waals surface area contributed by atoms with Crippen LogP contribution < -0.4 is 0 Å². The third-order valence-electron chi connectivity index (χ3n) is 1.16. The molecule has 0 heterocycles. The van der Waals surface area contributed by atoms with Gasteiger partial charge in [0, 0.05) is 22.0 Å². The minimum absolute atomic E-state index is 0.0619. The van der Waals surface area contributed by atoms with Gasteiger partial charge in [0.25, 0.3) is 5.78 Å². The molecule has 11 heavy (non-hydrogen) atoms. The van der Waals surface area contributed by atoms with E-state index in [1.165, 1.54) is 12.3 Å². The predicted octanol–water partition coefficient (Wildman–Crippen LogP) is 2.45. The fraction of sp³-hybridized carbons (Fsp3) is 0. The quantitative estimate of drug-likeness (QED) is 0.646. The molecule has 1 aliphatic rings. The zero-order valence-corrected chi connectivity index (χ0v) is 7.34. The number of carbonyl (C=O) groups excluding carboxylic acids is 1. The molecule has 0 saturated carbocycles. The molecule has 0 aromatic rings. The Bertz CT molecular complexity index is 242. The lowest BCUT2D eigenvalue weighted by molar-refractivity contribution is -0.111. The van der Waals surface area contributed by atoms with E-state index >= 15 is 0 Å². The number of hydrogen-bond acceptors (Lipinski definition) is 1. The average molecular weight is 212 g/mol. The van der Waals surface area contributed by atoms with Gasteiger partial charge in [0.2, 0.25) is 0 Å². The van der Waals surface area contributed by atoms with Crippen molar-refractivity contribution in [3.8, 4) is 0 Å². The van der Waals surface area contributed by atoms with E-state index in [2.05, 4.69) is 27.8 Å². The van der Waals surface area contributed by atoms with E-state index in [0.29, 0.717) is 10.5 Å². The number of hydrogen-bond donors (Lipinski definition) is 0. The van der Waals surface area contributed by atoms with Crippen LogP contribution in [-0.4, -0.2) is 5.78 Å². The molecule has 0 amide bonds. The Labute approximate surface area is 73.8 Å². The maximum atomic E-state index is 11.0. The van der Waals surface area contributed by atoms with Crippen LogP contribution in [-0.2, 0) is 4.79 Å². The molecule has 1 aliphatic carbocycles. The first-order valence-electron chi connectivity index (χ1n) is 3.02. The zero-order valence-electron chi connectivity index (χ0n) is 5.75. The molecule has 0 aromatic carbocycles. The van der Waals surface area contributed by atoms with Crippen molar-refractivity contribution in [2.24, 2.45) is 0 Å². The Morgan fingerprint density at radius 3 is 3.00 bits per heavy atom. The number of carbonyl (C=O) groups is 1. The highest BCUT2D eigenvalue weighted by atomic mass is 79.9. The van der Waals surface area contributed by atoms with Crippen molar-refractivity contribution in [3.63, 3.8) is 0 Å². The molecule has 0 aromatic heterocycles. The molecule has 0 unspecified atom stereocenters. The van der Waals surface area contributed by atoms with Crippen LogP contribution in [0.15, 0.2) is 36.7 Å². The molecule has 0 atom stereocenters. The average Bonchev–Trinajstić information content (AvgIpc) is 1.98. The molecule has 0 aliphatic heterocycles. The van der Waals surface area contributed by atoms with Crippen LogP contribution in [0.2, 0.25) is 0 Å². The van der Waals surface area contributed by atoms with Crippen molar-refractivity contribution in [2.75, 3.05) is 0 Å². The first-order chi connectivity index (χ1) is 5.24. The minimum atomic E-state index is -0.0619. The standard InChI is InChI=1S/C8H6BrNO/c1-2-10-6-3-4-7(9)8(11)5-6/h2-5H,1H2. The Morgan fingerprint density at radius 1 is 1.73 bits per heavy atom. The number of halogens is 1. The van der Waals surface area contributed by atoms with E-state index < -0.39 is 0 Å². The fourth-order valence-corrected chi connectivity index (χ4v) is 0.924. The normalized spacial score (nSPS) is 16.3. The number of allylic oxidation sites excluding steroid dienone is 3. The van der Waals surface area contributed by atoms with Gasteiger partial charge in [0.05, 0.1) is 12.2 Å².